The van der Waals surface area contributed by atoms with E-state index in [0.29, 0.717) is 30.4 Å². The van der Waals surface area contributed by atoms with Gasteiger partial charge in [0, 0.05) is 44.0 Å². The highest BCUT2D eigenvalue weighted by Crippen LogP contribution is 2.29. The topological polar surface area (TPSA) is 83.8 Å². The number of rotatable bonds is 4. The lowest BCUT2D eigenvalue weighted by Gasteiger charge is -2.35. The van der Waals surface area contributed by atoms with Crippen LogP contribution in [0.15, 0.2) is 44.4 Å². The number of sulfonamides is 1. The molecule has 24 heavy (non-hydrogen) atoms. The van der Waals surface area contributed by atoms with Crippen LogP contribution in [0.3, 0.4) is 0 Å². The minimum Gasteiger partial charge on any atom is -0.369 e. The molecule has 0 amide bonds. The van der Waals surface area contributed by atoms with Gasteiger partial charge in [-0.2, -0.15) is 4.31 Å². The van der Waals surface area contributed by atoms with Crippen molar-refractivity contribution in [3.8, 4) is 0 Å². The summed E-state index contributed by atoms with van der Waals surface area (Å²) in [6, 6.07) is 9.64. The summed E-state index contributed by atoms with van der Waals surface area (Å²) in [6.07, 6.45) is 0. The lowest BCUT2D eigenvalue weighted by molar-refractivity contribution is -0.384. The van der Waals surface area contributed by atoms with Crippen molar-refractivity contribution in [1.29, 1.82) is 0 Å². The molecule has 0 aliphatic carbocycles. The normalized spacial score (nSPS) is 16.3. The summed E-state index contributed by atoms with van der Waals surface area (Å²) in [4.78, 5) is 12.3. The molecule has 0 atom stereocenters. The number of hydrogen-bond donors (Lipinski definition) is 0. The van der Waals surface area contributed by atoms with E-state index >= 15 is 0 Å². The molecule has 0 radical (unpaired) electrons. The lowest BCUT2D eigenvalue weighted by atomic mass is 10.2. The van der Waals surface area contributed by atoms with Crippen LogP contribution in [0, 0.1) is 10.1 Å². The smallest absolute Gasteiger partial charge is 0.269 e. The fraction of sp³-hybridized carbons (Fsp3) is 0.286. The van der Waals surface area contributed by atoms with Crippen LogP contribution in [0.1, 0.15) is 0 Å². The monoisotopic (exact) mass is 431 g/mol. The molecule has 1 aromatic carbocycles. The van der Waals surface area contributed by atoms with E-state index in [4.69, 9.17) is 0 Å². The molecule has 10 heteroatoms. The van der Waals surface area contributed by atoms with Gasteiger partial charge in [-0.15, -0.1) is 11.3 Å². The number of thiophene rings is 1. The predicted octanol–water partition coefficient (Wildman–Crippen LogP) is 2.93. The third-order valence-electron chi connectivity index (χ3n) is 3.81. The maximum atomic E-state index is 12.6. The molecule has 128 valence electrons. The lowest BCUT2D eigenvalue weighted by Crippen LogP contribution is -2.48. The summed E-state index contributed by atoms with van der Waals surface area (Å²) in [6.45, 7) is 1.86. The molecule has 0 bridgehead atoms. The van der Waals surface area contributed by atoms with Crippen molar-refractivity contribution in [2.75, 3.05) is 31.1 Å². The molecule has 1 aromatic heterocycles. The SMILES string of the molecule is O=[N+]([O-])c1ccc(N2CCN(S(=O)(=O)c3ccc(Br)s3)CC2)cc1. The highest BCUT2D eigenvalue weighted by atomic mass is 79.9. The van der Waals surface area contributed by atoms with Gasteiger partial charge in [0.2, 0.25) is 0 Å². The molecule has 0 saturated carbocycles. The molecule has 1 aliphatic heterocycles. The standard InChI is InChI=1S/C14H14BrN3O4S2/c15-13-5-6-14(23-13)24(21,22)17-9-7-16(8-10-17)11-1-3-12(4-2-11)18(19)20/h1-6H,7-10H2. The molecular weight excluding hydrogens is 418 g/mol. The average molecular weight is 432 g/mol. The molecule has 2 heterocycles. The number of non-ortho nitro benzene ring substituents is 1. The quantitative estimate of drug-likeness (QED) is 0.548. The van der Waals surface area contributed by atoms with Crippen molar-refractivity contribution in [2.45, 2.75) is 4.21 Å². The zero-order chi connectivity index (χ0) is 17.3. The Labute approximate surface area is 151 Å². The minimum atomic E-state index is -3.46. The Morgan fingerprint density at radius 3 is 2.17 bits per heavy atom. The summed E-state index contributed by atoms with van der Waals surface area (Å²) in [7, 11) is -3.46. The van der Waals surface area contributed by atoms with Crippen LogP contribution in [0.5, 0.6) is 0 Å². The molecule has 0 unspecified atom stereocenters. The van der Waals surface area contributed by atoms with Crippen LogP contribution in [0.4, 0.5) is 11.4 Å². The summed E-state index contributed by atoms with van der Waals surface area (Å²) in [5.74, 6) is 0. The van der Waals surface area contributed by atoms with Gasteiger partial charge in [-0.05, 0) is 40.2 Å². The van der Waals surface area contributed by atoms with E-state index in [1.165, 1.54) is 27.8 Å². The largest absolute Gasteiger partial charge is 0.369 e. The van der Waals surface area contributed by atoms with Gasteiger partial charge in [-0.1, -0.05) is 0 Å². The van der Waals surface area contributed by atoms with Gasteiger partial charge in [0.15, 0.2) is 0 Å². The van der Waals surface area contributed by atoms with Crippen LogP contribution in [-0.4, -0.2) is 43.8 Å². The second kappa shape index (κ2) is 6.79. The van der Waals surface area contributed by atoms with E-state index in [1.807, 2.05) is 4.90 Å². The number of nitro benzene ring substituents is 1. The van der Waals surface area contributed by atoms with Crippen LogP contribution in [0.2, 0.25) is 0 Å². The predicted molar refractivity (Wildman–Crippen MR) is 96.1 cm³/mol. The second-order valence-electron chi connectivity index (χ2n) is 5.22. The van der Waals surface area contributed by atoms with Gasteiger partial charge in [-0.25, -0.2) is 8.42 Å². The van der Waals surface area contributed by atoms with Crippen LogP contribution < -0.4 is 4.90 Å². The number of benzene rings is 1. The molecule has 7 nitrogen and oxygen atoms in total. The molecule has 0 N–H and O–H groups in total. The summed E-state index contributed by atoms with van der Waals surface area (Å²) in [5.41, 5.74) is 0.903. The van der Waals surface area contributed by atoms with Gasteiger partial charge < -0.3 is 4.90 Å². The van der Waals surface area contributed by atoms with Crippen molar-refractivity contribution in [1.82, 2.24) is 4.31 Å². The third-order valence-corrected chi connectivity index (χ3v) is 7.80. The Morgan fingerprint density at radius 1 is 1.04 bits per heavy atom. The number of anilines is 1. The highest BCUT2D eigenvalue weighted by Gasteiger charge is 2.29. The molecule has 1 saturated heterocycles. The maximum Gasteiger partial charge on any atom is 0.269 e. The van der Waals surface area contributed by atoms with Crippen molar-refractivity contribution >= 4 is 48.7 Å². The summed E-state index contributed by atoms with van der Waals surface area (Å²) in [5, 5.41) is 10.7. The molecule has 3 rings (SSSR count). The number of halogens is 1. The Hall–Kier alpha value is -1.49. The van der Waals surface area contributed by atoms with Crippen LogP contribution in [0.25, 0.3) is 0 Å². The second-order valence-corrected chi connectivity index (χ2v) is 9.85. The van der Waals surface area contributed by atoms with Crippen LogP contribution >= 0.6 is 27.3 Å². The average Bonchev–Trinajstić information content (AvgIpc) is 3.02. The van der Waals surface area contributed by atoms with E-state index in [9.17, 15) is 18.5 Å². The Kier molecular flexibility index (Phi) is 4.90. The van der Waals surface area contributed by atoms with Crippen molar-refractivity contribution in [2.24, 2.45) is 0 Å². The fourth-order valence-electron chi connectivity index (χ4n) is 2.54. The third kappa shape index (κ3) is 3.46. The molecule has 1 aliphatic rings. The van der Waals surface area contributed by atoms with E-state index < -0.39 is 14.9 Å². The first-order valence-corrected chi connectivity index (χ1v) is 10.2. The summed E-state index contributed by atoms with van der Waals surface area (Å²) >= 11 is 4.48. The first kappa shape index (κ1) is 17.3. The Bertz CT molecular complexity index is 843. The van der Waals surface area contributed by atoms with Gasteiger partial charge in [0.1, 0.15) is 4.21 Å². The highest BCUT2D eigenvalue weighted by molar-refractivity contribution is 9.11. The van der Waals surface area contributed by atoms with Crippen molar-refractivity contribution in [3.05, 3.63) is 50.3 Å². The van der Waals surface area contributed by atoms with E-state index in [-0.39, 0.29) is 5.69 Å². The van der Waals surface area contributed by atoms with Crippen LogP contribution in [-0.2, 0) is 10.0 Å². The molecule has 2 aromatic rings. The number of hydrogen-bond acceptors (Lipinski definition) is 6. The van der Waals surface area contributed by atoms with E-state index in [2.05, 4.69) is 15.9 Å². The zero-order valence-electron chi connectivity index (χ0n) is 12.5. The van der Waals surface area contributed by atoms with E-state index in [0.717, 1.165) is 9.47 Å². The summed E-state index contributed by atoms with van der Waals surface area (Å²) < 4.78 is 27.8. The van der Waals surface area contributed by atoms with Crippen molar-refractivity contribution < 1.29 is 13.3 Å². The number of nitro groups is 1. The van der Waals surface area contributed by atoms with Crippen molar-refractivity contribution in [3.63, 3.8) is 0 Å². The first-order valence-electron chi connectivity index (χ1n) is 7.13. The van der Waals surface area contributed by atoms with Gasteiger partial charge >= 0.3 is 0 Å². The minimum absolute atomic E-state index is 0.0447. The number of piperazine rings is 1. The molecular formula is C14H14BrN3O4S2. The van der Waals surface area contributed by atoms with Gasteiger partial charge in [-0.3, -0.25) is 10.1 Å². The maximum absolute atomic E-state index is 12.6. The molecule has 0 spiro atoms. The Balaban J connectivity index is 1.68. The Morgan fingerprint density at radius 2 is 1.67 bits per heavy atom. The fourth-order valence-corrected chi connectivity index (χ4v) is 6.12. The first-order chi connectivity index (χ1) is 11.4. The van der Waals surface area contributed by atoms with Gasteiger partial charge in [0.05, 0.1) is 8.71 Å². The number of nitrogens with zero attached hydrogens (tertiary/aromatic N) is 3. The zero-order valence-corrected chi connectivity index (χ0v) is 15.7. The molecule has 1 fully saturated rings. The van der Waals surface area contributed by atoms with Gasteiger partial charge in [0.25, 0.3) is 15.7 Å². The van der Waals surface area contributed by atoms with E-state index in [1.54, 1.807) is 24.3 Å².